The van der Waals surface area contributed by atoms with Crippen molar-refractivity contribution in [2.24, 2.45) is 17.6 Å². The molecule has 0 bridgehead atoms. The van der Waals surface area contributed by atoms with E-state index in [0.717, 1.165) is 25.7 Å². The van der Waals surface area contributed by atoms with Gasteiger partial charge in [-0.15, -0.1) is 0 Å². The third-order valence-corrected chi connectivity index (χ3v) is 3.98. The number of benzene rings is 1. The molecule has 0 spiro atoms. The fraction of sp³-hybridized carbons (Fsp3) is 0.500. The SMILES string of the molecule is NCC1CCC(C(=O)c2ccc(Cl)cc2F)CC1. The molecule has 4 heteroatoms. The van der Waals surface area contributed by atoms with Gasteiger partial charge in [0, 0.05) is 10.9 Å². The van der Waals surface area contributed by atoms with E-state index in [1.807, 2.05) is 0 Å². The van der Waals surface area contributed by atoms with Crippen molar-refractivity contribution in [3.8, 4) is 0 Å². The van der Waals surface area contributed by atoms with Crippen molar-refractivity contribution in [3.63, 3.8) is 0 Å². The molecule has 0 amide bonds. The number of ketones is 1. The number of Topliss-reactive ketones (excluding diaryl/α,β-unsaturated/α-hetero) is 1. The van der Waals surface area contributed by atoms with Crippen molar-refractivity contribution in [2.75, 3.05) is 6.54 Å². The molecule has 0 unspecified atom stereocenters. The Morgan fingerprint density at radius 2 is 2.00 bits per heavy atom. The predicted octanol–water partition coefficient (Wildman–Crippen LogP) is 3.43. The minimum absolute atomic E-state index is 0.0662. The summed E-state index contributed by atoms with van der Waals surface area (Å²) in [7, 11) is 0. The molecule has 1 aromatic carbocycles. The molecule has 1 aliphatic rings. The van der Waals surface area contributed by atoms with Gasteiger partial charge in [-0.05, 0) is 56.3 Å². The molecule has 0 heterocycles. The highest BCUT2D eigenvalue weighted by atomic mass is 35.5. The van der Waals surface area contributed by atoms with E-state index in [1.165, 1.54) is 12.1 Å². The summed E-state index contributed by atoms with van der Waals surface area (Å²) in [6.45, 7) is 0.677. The first-order chi connectivity index (χ1) is 8.61. The lowest BCUT2D eigenvalue weighted by atomic mass is 9.78. The normalized spacial score (nSPS) is 23.9. The Morgan fingerprint density at radius 1 is 1.33 bits per heavy atom. The third kappa shape index (κ3) is 2.90. The molecule has 1 aromatic rings. The van der Waals surface area contributed by atoms with Gasteiger partial charge in [0.05, 0.1) is 5.56 Å². The van der Waals surface area contributed by atoms with Crippen molar-refractivity contribution in [2.45, 2.75) is 25.7 Å². The minimum Gasteiger partial charge on any atom is -0.330 e. The molecule has 0 atom stereocenters. The maximum atomic E-state index is 13.7. The van der Waals surface area contributed by atoms with Crippen LogP contribution in [0.1, 0.15) is 36.0 Å². The molecular formula is C14H17ClFNO. The molecule has 1 aliphatic carbocycles. The van der Waals surface area contributed by atoms with Gasteiger partial charge < -0.3 is 5.73 Å². The summed E-state index contributed by atoms with van der Waals surface area (Å²) in [5, 5.41) is 0.316. The fourth-order valence-corrected chi connectivity index (χ4v) is 2.73. The number of carbonyl (C=O) groups is 1. The highest BCUT2D eigenvalue weighted by Crippen LogP contribution is 2.31. The Morgan fingerprint density at radius 3 is 2.56 bits per heavy atom. The molecular weight excluding hydrogens is 253 g/mol. The number of hydrogen-bond acceptors (Lipinski definition) is 2. The third-order valence-electron chi connectivity index (χ3n) is 3.75. The Kier molecular flexibility index (Phi) is 4.36. The zero-order valence-corrected chi connectivity index (χ0v) is 10.9. The number of nitrogens with two attached hydrogens (primary N) is 1. The van der Waals surface area contributed by atoms with Gasteiger partial charge in [0.25, 0.3) is 0 Å². The highest BCUT2D eigenvalue weighted by Gasteiger charge is 2.27. The average molecular weight is 270 g/mol. The summed E-state index contributed by atoms with van der Waals surface area (Å²) >= 11 is 5.68. The predicted molar refractivity (Wildman–Crippen MR) is 70.2 cm³/mol. The lowest BCUT2D eigenvalue weighted by Crippen LogP contribution is -2.26. The van der Waals surface area contributed by atoms with Crippen LogP contribution in [-0.2, 0) is 0 Å². The molecule has 18 heavy (non-hydrogen) atoms. The Labute approximate surface area is 111 Å². The van der Waals surface area contributed by atoms with Crippen LogP contribution in [0, 0.1) is 17.7 Å². The zero-order valence-electron chi connectivity index (χ0n) is 10.2. The van der Waals surface area contributed by atoms with Gasteiger partial charge in [-0.25, -0.2) is 4.39 Å². The molecule has 0 aromatic heterocycles. The molecule has 2 nitrogen and oxygen atoms in total. The van der Waals surface area contributed by atoms with Crippen LogP contribution in [0.15, 0.2) is 18.2 Å². The smallest absolute Gasteiger partial charge is 0.168 e. The van der Waals surface area contributed by atoms with Crippen molar-refractivity contribution in [1.82, 2.24) is 0 Å². The highest BCUT2D eigenvalue weighted by molar-refractivity contribution is 6.30. The second-order valence-electron chi connectivity index (χ2n) is 4.94. The molecule has 98 valence electrons. The summed E-state index contributed by atoms with van der Waals surface area (Å²) in [5.74, 6) is -0.166. The molecule has 1 fully saturated rings. The maximum absolute atomic E-state index is 13.7. The molecule has 0 saturated heterocycles. The van der Waals surface area contributed by atoms with Crippen LogP contribution in [0.5, 0.6) is 0 Å². The Hall–Kier alpha value is -0.930. The molecule has 0 radical (unpaired) electrons. The molecule has 0 aliphatic heterocycles. The van der Waals surface area contributed by atoms with E-state index < -0.39 is 5.82 Å². The van der Waals surface area contributed by atoms with E-state index in [1.54, 1.807) is 6.07 Å². The second kappa shape index (κ2) is 5.81. The number of rotatable bonds is 3. The van der Waals surface area contributed by atoms with E-state index in [2.05, 4.69) is 0 Å². The zero-order chi connectivity index (χ0) is 13.1. The van der Waals surface area contributed by atoms with Crippen LogP contribution < -0.4 is 5.73 Å². The van der Waals surface area contributed by atoms with E-state index in [9.17, 15) is 9.18 Å². The monoisotopic (exact) mass is 269 g/mol. The van der Waals surface area contributed by atoms with Crippen LogP contribution in [0.4, 0.5) is 4.39 Å². The van der Waals surface area contributed by atoms with Gasteiger partial charge in [0.1, 0.15) is 5.82 Å². The lowest BCUT2D eigenvalue weighted by molar-refractivity contribution is 0.0869. The van der Waals surface area contributed by atoms with Crippen molar-refractivity contribution in [1.29, 1.82) is 0 Å². The van der Waals surface area contributed by atoms with Crippen LogP contribution in [-0.4, -0.2) is 12.3 Å². The molecule has 2 rings (SSSR count). The van der Waals surface area contributed by atoms with Gasteiger partial charge in [0.15, 0.2) is 5.78 Å². The van der Waals surface area contributed by atoms with Crippen molar-refractivity contribution >= 4 is 17.4 Å². The molecule has 1 saturated carbocycles. The quantitative estimate of drug-likeness (QED) is 0.855. The minimum atomic E-state index is -0.520. The van der Waals surface area contributed by atoms with Crippen LogP contribution in [0.2, 0.25) is 5.02 Å². The largest absolute Gasteiger partial charge is 0.330 e. The number of halogens is 2. The Bertz CT molecular complexity index is 441. The summed E-state index contributed by atoms with van der Waals surface area (Å²) in [6, 6.07) is 4.23. The standard InChI is InChI=1S/C14H17ClFNO/c15-11-5-6-12(13(16)7-11)14(18)10-3-1-9(8-17)2-4-10/h5-7,9-10H,1-4,8,17H2. The van der Waals surface area contributed by atoms with Crippen molar-refractivity contribution in [3.05, 3.63) is 34.6 Å². The van der Waals surface area contributed by atoms with Crippen LogP contribution in [0.25, 0.3) is 0 Å². The molecule has 2 N–H and O–H groups in total. The summed E-state index contributed by atoms with van der Waals surface area (Å²) < 4.78 is 13.7. The van der Waals surface area contributed by atoms with Crippen LogP contribution >= 0.6 is 11.6 Å². The first-order valence-corrected chi connectivity index (χ1v) is 6.69. The first kappa shape index (κ1) is 13.5. The van der Waals surface area contributed by atoms with E-state index >= 15 is 0 Å². The summed E-state index contributed by atoms with van der Waals surface area (Å²) in [5.41, 5.74) is 5.78. The van der Waals surface area contributed by atoms with Gasteiger partial charge in [-0.1, -0.05) is 11.6 Å². The summed E-state index contributed by atoms with van der Waals surface area (Å²) in [6.07, 6.45) is 3.54. The second-order valence-corrected chi connectivity index (χ2v) is 5.38. The van der Waals surface area contributed by atoms with Gasteiger partial charge >= 0.3 is 0 Å². The Balaban J connectivity index is 2.08. The van der Waals surface area contributed by atoms with Crippen LogP contribution in [0.3, 0.4) is 0 Å². The van der Waals surface area contributed by atoms with Gasteiger partial charge in [-0.2, -0.15) is 0 Å². The van der Waals surface area contributed by atoms with Gasteiger partial charge in [0.2, 0.25) is 0 Å². The summed E-state index contributed by atoms with van der Waals surface area (Å²) in [4.78, 5) is 12.2. The topological polar surface area (TPSA) is 43.1 Å². The average Bonchev–Trinajstić information content (AvgIpc) is 2.38. The lowest BCUT2D eigenvalue weighted by Gasteiger charge is -2.26. The first-order valence-electron chi connectivity index (χ1n) is 6.31. The maximum Gasteiger partial charge on any atom is 0.168 e. The van der Waals surface area contributed by atoms with E-state index in [-0.39, 0.29) is 17.3 Å². The van der Waals surface area contributed by atoms with E-state index in [4.69, 9.17) is 17.3 Å². The number of hydrogen-bond donors (Lipinski definition) is 1. The van der Waals surface area contributed by atoms with Gasteiger partial charge in [-0.3, -0.25) is 4.79 Å². The van der Waals surface area contributed by atoms with Crippen molar-refractivity contribution < 1.29 is 9.18 Å². The number of carbonyl (C=O) groups excluding carboxylic acids is 1. The fourth-order valence-electron chi connectivity index (χ4n) is 2.57. The van der Waals surface area contributed by atoms with E-state index in [0.29, 0.717) is 17.5 Å².